The standard InChI is InChI=1S/C11H9ClN2O3/c12-10-8(11(15)16)6-13-9(14-10)4-3-7-2-1-5-17-7/h1-2,5-6H,3-4H2,(H,15,16). The van der Waals surface area contributed by atoms with Crippen LogP contribution in [0.15, 0.2) is 29.0 Å². The molecule has 0 unspecified atom stereocenters. The predicted octanol–water partition coefficient (Wildman–Crippen LogP) is 2.21. The average molecular weight is 253 g/mol. The number of hydrogen-bond donors (Lipinski definition) is 1. The quantitative estimate of drug-likeness (QED) is 0.844. The van der Waals surface area contributed by atoms with E-state index in [-0.39, 0.29) is 10.7 Å². The maximum Gasteiger partial charge on any atom is 0.340 e. The molecule has 0 saturated carbocycles. The Morgan fingerprint density at radius 2 is 2.29 bits per heavy atom. The van der Waals surface area contributed by atoms with E-state index in [2.05, 4.69) is 9.97 Å². The molecule has 2 aromatic heterocycles. The SMILES string of the molecule is O=C(O)c1cnc(CCc2ccco2)nc1Cl. The number of carboxylic acid groups (broad SMARTS) is 1. The molecule has 88 valence electrons. The van der Waals surface area contributed by atoms with Gasteiger partial charge >= 0.3 is 5.97 Å². The van der Waals surface area contributed by atoms with Gasteiger partial charge in [0.2, 0.25) is 0 Å². The van der Waals surface area contributed by atoms with Crippen molar-refractivity contribution < 1.29 is 14.3 Å². The molecule has 17 heavy (non-hydrogen) atoms. The summed E-state index contributed by atoms with van der Waals surface area (Å²) in [4.78, 5) is 18.6. The summed E-state index contributed by atoms with van der Waals surface area (Å²) < 4.78 is 5.16. The molecule has 0 aliphatic rings. The summed E-state index contributed by atoms with van der Waals surface area (Å²) in [6, 6.07) is 3.66. The maximum atomic E-state index is 10.7. The van der Waals surface area contributed by atoms with Crippen LogP contribution in [0.1, 0.15) is 21.9 Å². The Bertz CT molecular complexity index is 526. The number of nitrogens with zero attached hydrogens (tertiary/aromatic N) is 2. The molecular formula is C11H9ClN2O3. The minimum Gasteiger partial charge on any atom is -0.478 e. The first-order valence-corrected chi connectivity index (χ1v) is 5.31. The van der Waals surface area contributed by atoms with E-state index in [0.717, 1.165) is 5.76 Å². The van der Waals surface area contributed by atoms with Gasteiger partial charge in [0, 0.05) is 19.0 Å². The number of aromatic carboxylic acids is 1. The Morgan fingerprint density at radius 1 is 1.47 bits per heavy atom. The van der Waals surface area contributed by atoms with Gasteiger partial charge in [-0.1, -0.05) is 11.6 Å². The maximum absolute atomic E-state index is 10.7. The van der Waals surface area contributed by atoms with Gasteiger partial charge in [0.25, 0.3) is 0 Å². The van der Waals surface area contributed by atoms with Crippen molar-refractivity contribution in [3.63, 3.8) is 0 Å². The van der Waals surface area contributed by atoms with Crippen LogP contribution in [-0.4, -0.2) is 21.0 Å². The van der Waals surface area contributed by atoms with Gasteiger partial charge in [-0.25, -0.2) is 14.8 Å². The summed E-state index contributed by atoms with van der Waals surface area (Å²) in [5, 5.41) is 8.72. The van der Waals surface area contributed by atoms with Crippen molar-refractivity contribution in [2.45, 2.75) is 12.8 Å². The Hall–Kier alpha value is -1.88. The Labute approximate surface area is 102 Å². The average Bonchev–Trinajstić information content (AvgIpc) is 2.78. The third-order valence-corrected chi connectivity index (χ3v) is 2.49. The van der Waals surface area contributed by atoms with Crippen molar-refractivity contribution in [3.05, 3.63) is 46.9 Å². The van der Waals surface area contributed by atoms with E-state index in [9.17, 15) is 4.79 Å². The molecule has 0 aliphatic carbocycles. The highest BCUT2D eigenvalue weighted by Crippen LogP contribution is 2.13. The van der Waals surface area contributed by atoms with Crippen LogP contribution >= 0.6 is 11.6 Å². The van der Waals surface area contributed by atoms with Gasteiger partial charge in [-0.05, 0) is 12.1 Å². The summed E-state index contributed by atoms with van der Waals surface area (Å²) in [7, 11) is 0. The fraction of sp³-hybridized carbons (Fsp3) is 0.182. The van der Waals surface area contributed by atoms with Crippen molar-refractivity contribution in [1.82, 2.24) is 9.97 Å². The lowest BCUT2D eigenvalue weighted by Gasteiger charge is -2.01. The van der Waals surface area contributed by atoms with Crippen LogP contribution in [0.5, 0.6) is 0 Å². The molecule has 2 aromatic rings. The number of carbonyl (C=O) groups is 1. The molecule has 0 bridgehead atoms. The zero-order chi connectivity index (χ0) is 12.3. The van der Waals surface area contributed by atoms with E-state index in [4.69, 9.17) is 21.1 Å². The van der Waals surface area contributed by atoms with Crippen molar-refractivity contribution >= 4 is 17.6 Å². The van der Waals surface area contributed by atoms with E-state index in [0.29, 0.717) is 18.7 Å². The topological polar surface area (TPSA) is 76.2 Å². The summed E-state index contributed by atoms with van der Waals surface area (Å²) >= 11 is 5.73. The minimum atomic E-state index is -1.13. The number of aryl methyl sites for hydroxylation is 2. The first-order valence-electron chi connectivity index (χ1n) is 4.94. The molecule has 0 aromatic carbocycles. The molecular weight excluding hydrogens is 244 g/mol. The highest BCUT2D eigenvalue weighted by Gasteiger charge is 2.11. The minimum absolute atomic E-state index is 0.0399. The van der Waals surface area contributed by atoms with Crippen LogP contribution in [0.4, 0.5) is 0 Å². The van der Waals surface area contributed by atoms with Gasteiger partial charge < -0.3 is 9.52 Å². The van der Waals surface area contributed by atoms with E-state index in [1.54, 1.807) is 12.3 Å². The van der Waals surface area contributed by atoms with Crippen LogP contribution in [-0.2, 0) is 12.8 Å². The van der Waals surface area contributed by atoms with Gasteiger partial charge in [0.15, 0.2) is 0 Å². The smallest absolute Gasteiger partial charge is 0.340 e. The monoisotopic (exact) mass is 252 g/mol. The predicted molar refractivity (Wildman–Crippen MR) is 60.1 cm³/mol. The summed E-state index contributed by atoms with van der Waals surface area (Å²) in [5.74, 6) is 0.191. The Kier molecular flexibility index (Phi) is 3.39. The lowest BCUT2D eigenvalue weighted by atomic mass is 10.2. The van der Waals surface area contributed by atoms with Crippen LogP contribution in [0.25, 0.3) is 0 Å². The van der Waals surface area contributed by atoms with Gasteiger partial charge in [-0.2, -0.15) is 0 Å². The highest BCUT2D eigenvalue weighted by molar-refractivity contribution is 6.32. The lowest BCUT2D eigenvalue weighted by molar-refractivity contribution is 0.0696. The van der Waals surface area contributed by atoms with Crippen LogP contribution in [0.3, 0.4) is 0 Å². The molecule has 0 amide bonds. The Morgan fingerprint density at radius 3 is 2.88 bits per heavy atom. The zero-order valence-corrected chi connectivity index (χ0v) is 9.52. The van der Waals surface area contributed by atoms with Crippen LogP contribution in [0.2, 0.25) is 5.15 Å². The largest absolute Gasteiger partial charge is 0.478 e. The molecule has 6 heteroatoms. The van der Waals surface area contributed by atoms with E-state index in [1.807, 2.05) is 6.07 Å². The molecule has 0 atom stereocenters. The molecule has 0 radical (unpaired) electrons. The van der Waals surface area contributed by atoms with Gasteiger partial charge in [0.1, 0.15) is 22.3 Å². The van der Waals surface area contributed by atoms with E-state index >= 15 is 0 Å². The van der Waals surface area contributed by atoms with Gasteiger partial charge in [0.05, 0.1) is 6.26 Å². The van der Waals surface area contributed by atoms with Gasteiger partial charge in [-0.15, -0.1) is 0 Å². The molecule has 0 saturated heterocycles. The number of rotatable bonds is 4. The molecule has 2 rings (SSSR count). The first kappa shape index (κ1) is 11.6. The summed E-state index contributed by atoms with van der Waals surface area (Å²) in [6.45, 7) is 0. The molecule has 1 N–H and O–H groups in total. The zero-order valence-electron chi connectivity index (χ0n) is 8.76. The van der Waals surface area contributed by atoms with Crippen molar-refractivity contribution in [2.75, 3.05) is 0 Å². The van der Waals surface area contributed by atoms with Crippen LogP contribution < -0.4 is 0 Å². The normalized spacial score (nSPS) is 10.4. The third kappa shape index (κ3) is 2.82. The van der Waals surface area contributed by atoms with E-state index in [1.165, 1.54) is 6.20 Å². The van der Waals surface area contributed by atoms with Crippen molar-refractivity contribution in [2.24, 2.45) is 0 Å². The summed E-state index contributed by atoms with van der Waals surface area (Å²) in [5.41, 5.74) is -0.0894. The fourth-order valence-electron chi connectivity index (χ4n) is 1.35. The number of aromatic nitrogens is 2. The Balaban J connectivity index is 2.07. The molecule has 0 fully saturated rings. The van der Waals surface area contributed by atoms with Crippen molar-refractivity contribution in [3.8, 4) is 0 Å². The second-order valence-corrected chi connectivity index (χ2v) is 3.73. The second-order valence-electron chi connectivity index (χ2n) is 3.38. The number of hydrogen-bond acceptors (Lipinski definition) is 4. The lowest BCUT2D eigenvalue weighted by Crippen LogP contribution is -2.04. The molecule has 2 heterocycles. The molecule has 0 aliphatic heterocycles. The van der Waals surface area contributed by atoms with E-state index < -0.39 is 5.97 Å². The van der Waals surface area contributed by atoms with Crippen LogP contribution in [0, 0.1) is 0 Å². The highest BCUT2D eigenvalue weighted by atomic mass is 35.5. The second kappa shape index (κ2) is 4.97. The van der Waals surface area contributed by atoms with Gasteiger partial charge in [-0.3, -0.25) is 0 Å². The molecule has 0 spiro atoms. The summed E-state index contributed by atoms with van der Waals surface area (Å²) in [6.07, 6.45) is 4.01. The van der Waals surface area contributed by atoms with Crippen molar-refractivity contribution in [1.29, 1.82) is 0 Å². The number of furan rings is 1. The fourth-order valence-corrected chi connectivity index (χ4v) is 1.58. The first-order chi connectivity index (χ1) is 8.16. The third-order valence-electron chi connectivity index (χ3n) is 2.20. The molecule has 5 nitrogen and oxygen atoms in total. The number of halogens is 1. The number of carboxylic acids is 1.